The van der Waals surface area contributed by atoms with Crippen molar-refractivity contribution in [3.05, 3.63) is 42.0 Å². The zero-order valence-corrected chi connectivity index (χ0v) is 16.9. The van der Waals surface area contributed by atoms with Crippen LogP contribution in [0.15, 0.2) is 36.4 Å². The minimum atomic E-state index is -0.401. The zero-order valence-electron chi connectivity index (χ0n) is 16.9. The van der Waals surface area contributed by atoms with Gasteiger partial charge in [-0.05, 0) is 57.4 Å². The number of rotatable bonds is 6. The number of aromatic nitrogens is 3. The van der Waals surface area contributed by atoms with Crippen LogP contribution in [0.25, 0.3) is 22.3 Å². The Morgan fingerprint density at radius 1 is 1.14 bits per heavy atom. The number of nitrogens with two attached hydrogens (primary N) is 1. The number of hydrogen-bond donors (Lipinski definition) is 2. The molecule has 7 nitrogen and oxygen atoms in total. The van der Waals surface area contributed by atoms with Crippen molar-refractivity contribution in [1.82, 2.24) is 20.3 Å². The van der Waals surface area contributed by atoms with E-state index >= 15 is 0 Å². The van der Waals surface area contributed by atoms with Crippen LogP contribution in [-0.4, -0.2) is 32.5 Å². The average Bonchev–Trinajstić information content (AvgIpc) is 3.51. The Bertz CT molecular complexity index is 1060. The maximum atomic E-state index is 12.2. The van der Waals surface area contributed by atoms with Gasteiger partial charge in [0, 0.05) is 17.2 Å². The number of anilines is 1. The third kappa shape index (κ3) is 4.29. The molecule has 29 heavy (non-hydrogen) atoms. The lowest BCUT2D eigenvalue weighted by Crippen LogP contribution is -2.27. The molecular weight excluding hydrogens is 366 g/mol. The zero-order chi connectivity index (χ0) is 20.6. The van der Waals surface area contributed by atoms with Crippen LogP contribution in [0, 0.1) is 0 Å². The maximum Gasteiger partial charge on any atom is 0.251 e. The standard InChI is InChI=1S/C22H25N5O2/c1-4-22(2,3)29-20-18-17(26-21(23)27-20)12-11-16(25-18)13-5-7-14(8-6-13)19(28)24-15-9-10-15/h5-8,11-12,15H,4,9-10H2,1-3H3,(H,24,28)(H2,23,26,27). The summed E-state index contributed by atoms with van der Waals surface area (Å²) in [6, 6.07) is 11.5. The molecular formula is C22H25N5O2. The summed E-state index contributed by atoms with van der Waals surface area (Å²) in [7, 11) is 0. The number of nitrogens with one attached hydrogen (secondary N) is 1. The molecule has 1 aliphatic rings. The molecule has 0 aliphatic heterocycles. The van der Waals surface area contributed by atoms with Gasteiger partial charge in [0.25, 0.3) is 5.91 Å². The summed E-state index contributed by atoms with van der Waals surface area (Å²) in [5.74, 6) is 0.494. The van der Waals surface area contributed by atoms with Crippen molar-refractivity contribution < 1.29 is 9.53 Å². The van der Waals surface area contributed by atoms with Gasteiger partial charge in [-0.25, -0.2) is 9.97 Å². The average molecular weight is 391 g/mol. The first-order chi connectivity index (χ1) is 13.8. The molecule has 3 N–H and O–H groups in total. The van der Waals surface area contributed by atoms with Gasteiger partial charge < -0.3 is 15.8 Å². The molecule has 1 fully saturated rings. The van der Waals surface area contributed by atoms with E-state index in [1.807, 2.05) is 57.2 Å². The lowest BCUT2D eigenvalue weighted by Gasteiger charge is -2.24. The molecule has 1 aliphatic carbocycles. The van der Waals surface area contributed by atoms with E-state index in [0.29, 0.717) is 28.5 Å². The fourth-order valence-electron chi connectivity index (χ4n) is 2.86. The summed E-state index contributed by atoms with van der Waals surface area (Å²) in [6.07, 6.45) is 2.94. The van der Waals surface area contributed by atoms with Gasteiger partial charge in [0.2, 0.25) is 11.8 Å². The Balaban J connectivity index is 1.67. The molecule has 0 atom stereocenters. The Morgan fingerprint density at radius 3 is 2.52 bits per heavy atom. The molecule has 2 heterocycles. The lowest BCUT2D eigenvalue weighted by atomic mass is 10.1. The number of carbonyl (C=O) groups excluding carboxylic acids is 1. The summed E-state index contributed by atoms with van der Waals surface area (Å²) in [6.45, 7) is 6.03. The van der Waals surface area contributed by atoms with Crippen LogP contribution in [-0.2, 0) is 0 Å². The second-order valence-electron chi connectivity index (χ2n) is 7.99. The highest BCUT2D eigenvalue weighted by Crippen LogP contribution is 2.29. The van der Waals surface area contributed by atoms with Gasteiger partial charge in [-0.15, -0.1) is 0 Å². The number of nitrogen functional groups attached to an aromatic ring is 1. The number of amides is 1. The molecule has 0 saturated heterocycles. The van der Waals surface area contributed by atoms with Crippen LogP contribution in [0.2, 0.25) is 0 Å². The highest BCUT2D eigenvalue weighted by molar-refractivity contribution is 5.95. The molecule has 150 valence electrons. The first-order valence-corrected chi connectivity index (χ1v) is 9.89. The van der Waals surface area contributed by atoms with Crippen LogP contribution in [0.5, 0.6) is 5.88 Å². The summed E-state index contributed by atoms with van der Waals surface area (Å²) in [4.78, 5) is 25.5. The second-order valence-corrected chi connectivity index (χ2v) is 7.99. The summed E-state index contributed by atoms with van der Waals surface area (Å²) < 4.78 is 6.08. The minimum absolute atomic E-state index is 0.0353. The van der Waals surface area contributed by atoms with Gasteiger partial charge in [0.15, 0.2) is 5.52 Å². The number of hydrogen-bond acceptors (Lipinski definition) is 6. The molecule has 1 saturated carbocycles. The van der Waals surface area contributed by atoms with Gasteiger partial charge in [-0.2, -0.15) is 4.98 Å². The first-order valence-electron chi connectivity index (χ1n) is 9.89. The molecule has 3 aromatic rings. The number of pyridine rings is 1. The van der Waals surface area contributed by atoms with E-state index < -0.39 is 5.60 Å². The minimum Gasteiger partial charge on any atom is -0.470 e. The van der Waals surface area contributed by atoms with Crippen LogP contribution >= 0.6 is 0 Å². The Hall–Kier alpha value is -3.22. The van der Waals surface area contributed by atoms with Crippen molar-refractivity contribution in [1.29, 1.82) is 0 Å². The Kier molecular flexibility index (Phi) is 4.82. The fourth-order valence-corrected chi connectivity index (χ4v) is 2.86. The summed E-state index contributed by atoms with van der Waals surface area (Å²) >= 11 is 0. The van der Waals surface area contributed by atoms with E-state index in [1.54, 1.807) is 0 Å². The molecule has 4 rings (SSSR count). The topological polar surface area (TPSA) is 103 Å². The van der Waals surface area contributed by atoms with E-state index in [-0.39, 0.29) is 11.9 Å². The van der Waals surface area contributed by atoms with Gasteiger partial charge in [-0.3, -0.25) is 4.79 Å². The quantitative estimate of drug-likeness (QED) is 0.664. The van der Waals surface area contributed by atoms with Crippen molar-refractivity contribution in [3.63, 3.8) is 0 Å². The molecule has 1 aromatic carbocycles. The number of carbonyl (C=O) groups is 1. The SMILES string of the molecule is CCC(C)(C)Oc1nc(N)nc2ccc(-c3ccc(C(=O)NC4CC4)cc3)nc12. The Morgan fingerprint density at radius 2 is 1.86 bits per heavy atom. The van der Waals surface area contributed by atoms with Crippen LogP contribution in [0.1, 0.15) is 50.4 Å². The molecule has 7 heteroatoms. The van der Waals surface area contributed by atoms with Crippen molar-refractivity contribution in [3.8, 4) is 17.1 Å². The van der Waals surface area contributed by atoms with Gasteiger partial charge in [0.1, 0.15) is 5.60 Å². The van der Waals surface area contributed by atoms with Crippen LogP contribution in [0.3, 0.4) is 0 Å². The highest BCUT2D eigenvalue weighted by Gasteiger charge is 2.24. The molecule has 0 spiro atoms. The summed E-state index contributed by atoms with van der Waals surface area (Å²) in [5.41, 5.74) is 8.93. The maximum absolute atomic E-state index is 12.2. The first kappa shape index (κ1) is 19.1. The van der Waals surface area contributed by atoms with Crippen molar-refractivity contribution in [2.24, 2.45) is 0 Å². The van der Waals surface area contributed by atoms with Gasteiger partial charge in [-0.1, -0.05) is 19.1 Å². The van der Waals surface area contributed by atoms with Crippen molar-refractivity contribution >= 4 is 22.9 Å². The smallest absolute Gasteiger partial charge is 0.251 e. The Labute approximate surface area is 169 Å². The third-order valence-electron chi connectivity index (χ3n) is 5.11. The monoisotopic (exact) mass is 391 g/mol. The summed E-state index contributed by atoms with van der Waals surface area (Å²) in [5, 5.41) is 2.99. The molecule has 0 radical (unpaired) electrons. The van der Waals surface area contributed by atoms with Crippen molar-refractivity contribution in [2.75, 3.05) is 5.73 Å². The number of ether oxygens (including phenoxy) is 1. The van der Waals surface area contributed by atoms with E-state index in [1.165, 1.54) is 0 Å². The van der Waals surface area contributed by atoms with Gasteiger partial charge >= 0.3 is 0 Å². The molecule has 1 amide bonds. The second kappa shape index (κ2) is 7.31. The molecule has 2 aromatic heterocycles. The third-order valence-corrected chi connectivity index (χ3v) is 5.11. The van der Waals surface area contributed by atoms with E-state index in [4.69, 9.17) is 15.5 Å². The predicted molar refractivity (Wildman–Crippen MR) is 113 cm³/mol. The van der Waals surface area contributed by atoms with Crippen LogP contribution < -0.4 is 15.8 Å². The van der Waals surface area contributed by atoms with Gasteiger partial charge in [0.05, 0.1) is 11.2 Å². The molecule has 0 bridgehead atoms. The molecule has 0 unspecified atom stereocenters. The van der Waals surface area contributed by atoms with Crippen LogP contribution in [0.4, 0.5) is 5.95 Å². The van der Waals surface area contributed by atoms with E-state index in [9.17, 15) is 4.79 Å². The van der Waals surface area contributed by atoms with Crippen molar-refractivity contribution in [2.45, 2.75) is 51.7 Å². The number of benzene rings is 1. The fraction of sp³-hybridized carbons (Fsp3) is 0.364. The largest absolute Gasteiger partial charge is 0.470 e. The van der Waals surface area contributed by atoms with E-state index in [0.717, 1.165) is 30.5 Å². The highest BCUT2D eigenvalue weighted by atomic mass is 16.5. The predicted octanol–water partition coefficient (Wildman–Crippen LogP) is 3.73. The normalized spacial score (nSPS) is 14.0. The lowest BCUT2D eigenvalue weighted by molar-refractivity contribution is 0.0950. The number of nitrogens with zero attached hydrogens (tertiary/aromatic N) is 3. The number of fused-ring (bicyclic) bond motifs is 1. The van der Waals surface area contributed by atoms with E-state index in [2.05, 4.69) is 15.3 Å².